The molecule has 6 rings (SSSR count). The van der Waals surface area contributed by atoms with Gasteiger partial charge in [0.25, 0.3) is 0 Å². The molecule has 16 heteroatoms. The van der Waals surface area contributed by atoms with Crippen LogP contribution in [0.1, 0.15) is 144 Å². The summed E-state index contributed by atoms with van der Waals surface area (Å²) in [6.07, 6.45) is 5.75. The van der Waals surface area contributed by atoms with Gasteiger partial charge in [-0.2, -0.15) is 0 Å². The average molecular weight is 907 g/mol. The highest BCUT2D eigenvalue weighted by Crippen LogP contribution is 2.34. The molecule has 0 amide bonds. The lowest BCUT2D eigenvalue weighted by atomic mass is 9.98. The number of esters is 2. The Morgan fingerprint density at radius 3 is 1.11 bits per heavy atom. The van der Waals surface area contributed by atoms with Crippen molar-refractivity contribution in [2.45, 2.75) is 104 Å². The van der Waals surface area contributed by atoms with Crippen LogP contribution in [-0.2, 0) is 28.8 Å². The summed E-state index contributed by atoms with van der Waals surface area (Å²) in [5.41, 5.74) is -1.95. The number of benzene rings is 4. The van der Waals surface area contributed by atoms with E-state index in [0.717, 1.165) is 50.7 Å². The normalized spacial score (nSPS) is 14.1. The Morgan fingerprint density at radius 1 is 0.409 bits per heavy atom. The highest BCUT2D eigenvalue weighted by molar-refractivity contribution is 6.15. The molecule has 0 heterocycles. The van der Waals surface area contributed by atoms with E-state index in [1.54, 1.807) is 0 Å². The zero-order valence-corrected chi connectivity index (χ0v) is 37.0. The molecule has 2 saturated carbocycles. The molecule has 2 aliphatic carbocycles. The van der Waals surface area contributed by atoms with Gasteiger partial charge in [-0.3, -0.25) is 19.2 Å². The highest BCUT2D eigenvalue weighted by atomic mass is 17.2. The molecular weight excluding hydrogens is 857 g/mol. The van der Waals surface area contributed by atoms with E-state index in [9.17, 15) is 38.4 Å². The van der Waals surface area contributed by atoms with Crippen LogP contribution in [0.5, 0.6) is 23.0 Å². The standard InChI is InChI=1S/C50H50O16/c1-29(2)45(53)63-43-35(41(51)33-21-11-13-27-39(33)61-49(57)59-31-17-7-5-8-18-31)23-15-25-37(43)47(55)65-66-48(56)38-26-16-24-36(44(38)64-46(54)30(3)4)42(52)34-22-12-14-28-40(34)62-50(58)60-32-19-9-6-10-20-32/h11-16,21-32H,5-10,17-20H2,1-4H3. The van der Waals surface area contributed by atoms with Gasteiger partial charge in [-0.15, -0.1) is 0 Å². The first-order chi connectivity index (χ1) is 31.7. The van der Waals surface area contributed by atoms with Crippen molar-refractivity contribution in [3.8, 4) is 23.0 Å². The Morgan fingerprint density at radius 2 is 0.742 bits per heavy atom. The fourth-order valence-electron chi connectivity index (χ4n) is 7.22. The lowest BCUT2D eigenvalue weighted by Crippen LogP contribution is -2.24. The Bertz CT molecular complexity index is 2300. The van der Waals surface area contributed by atoms with Crippen molar-refractivity contribution in [1.29, 1.82) is 0 Å². The molecule has 0 aromatic heterocycles. The van der Waals surface area contributed by atoms with Crippen molar-refractivity contribution in [2.24, 2.45) is 11.8 Å². The summed E-state index contributed by atoms with van der Waals surface area (Å²) in [5.74, 6) is -9.01. The zero-order valence-electron chi connectivity index (χ0n) is 37.0. The van der Waals surface area contributed by atoms with Gasteiger partial charge in [0.15, 0.2) is 11.5 Å². The van der Waals surface area contributed by atoms with Gasteiger partial charge in [0.2, 0.25) is 11.6 Å². The Labute approximate surface area is 380 Å². The van der Waals surface area contributed by atoms with Gasteiger partial charge in [-0.05, 0) is 99.9 Å². The van der Waals surface area contributed by atoms with E-state index in [1.165, 1.54) is 100 Å². The van der Waals surface area contributed by atoms with Crippen molar-refractivity contribution in [3.63, 3.8) is 0 Å². The van der Waals surface area contributed by atoms with Crippen molar-refractivity contribution < 1.29 is 76.6 Å². The minimum Gasteiger partial charge on any atom is -0.431 e. The largest absolute Gasteiger partial charge is 0.514 e. The monoisotopic (exact) mass is 906 g/mol. The number of hydrogen-bond acceptors (Lipinski definition) is 16. The topological polar surface area (TPSA) is 210 Å². The van der Waals surface area contributed by atoms with Gasteiger partial charge in [-0.25, -0.2) is 29.0 Å². The second-order valence-electron chi connectivity index (χ2n) is 16.4. The predicted molar refractivity (Wildman–Crippen MR) is 232 cm³/mol. The van der Waals surface area contributed by atoms with Crippen LogP contribution in [0.15, 0.2) is 84.9 Å². The quantitative estimate of drug-likeness (QED) is 0.0288. The first-order valence-corrected chi connectivity index (χ1v) is 21.9. The maximum absolute atomic E-state index is 14.2. The van der Waals surface area contributed by atoms with E-state index in [2.05, 4.69) is 0 Å². The molecule has 0 bridgehead atoms. The predicted octanol–water partition coefficient (Wildman–Crippen LogP) is 9.90. The minimum absolute atomic E-state index is 0.136. The Balaban J connectivity index is 1.26. The van der Waals surface area contributed by atoms with Crippen LogP contribution in [0.2, 0.25) is 0 Å². The molecule has 0 atom stereocenters. The Kier molecular flexibility index (Phi) is 16.4. The number of hydrogen-bond donors (Lipinski definition) is 0. The lowest BCUT2D eigenvalue weighted by molar-refractivity contribution is -0.187. The van der Waals surface area contributed by atoms with Crippen LogP contribution in [0.3, 0.4) is 0 Å². The lowest BCUT2D eigenvalue weighted by Gasteiger charge is -2.21. The maximum atomic E-state index is 14.2. The molecule has 0 saturated heterocycles. The summed E-state index contributed by atoms with van der Waals surface area (Å²) < 4.78 is 33.0. The summed E-state index contributed by atoms with van der Waals surface area (Å²) in [4.78, 5) is 117. The molecule has 66 heavy (non-hydrogen) atoms. The number of rotatable bonds is 14. The van der Waals surface area contributed by atoms with E-state index in [1.807, 2.05) is 0 Å². The summed E-state index contributed by atoms with van der Waals surface area (Å²) in [5, 5.41) is 0. The third-order valence-corrected chi connectivity index (χ3v) is 10.8. The second kappa shape index (κ2) is 22.5. The molecular formula is C50H50O16. The number of para-hydroxylation sites is 4. The van der Waals surface area contributed by atoms with Crippen LogP contribution in [0, 0.1) is 11.8 Å². The third-order valence-electron chi connectivity index (χ3n) is 10.8. The summed E-state index contributed by atoms with van der Waals surface area (Å²) >= 11 is 0. The molecule has 16 nitrogen and oxygen atoms in total. The third kappa shape index (κ3) is 12.3. The van der Waals surface area contributed by atoms with Gasteiger partial charge in [0, 0.05) is 0 Å². The molecule has 0 N–H and O–H groups in total. The fraction of sp³-hybridized carbons (Fsp3) is 0.360. The fourth-order valence-corrected chi connectivity index (χ4v) is 7.22. The van der Waals surface area contributed by atoms with Crippen molar-refractivity contribution in [2.75, 3.05) is 0 Å². The summed E-state index contributed by atoms with van der Waals surface area (Å²) in [6, 6.07) is 19.0. The first-order valence-electron chi connectivity index (χ1n) is 21.9. The molecule has 2 aliphatic rings. The first kappa shape index (κ1) is 48.1. The maximum Gasteiger partial charge on any atom is 0.514 e. The Hall–Kier alpha value is -7.36. The molecule has 4 aromatic carbocycles. The minimum atomic E-state index is -1.40. The van der Waals surface area contributed by atoms with Gasteiger partial charge < -0.3 is 28.4 Å². The molecule has 2 fully saturated rings. The zero-order chi connectivity index (χ0) is 47.3. The van der Waals surface area contributed by atoms with Crippen LogP contribution in [-0.4, -0.2) is 60.0 Å². The number of ether oxygens (including phenoxy) is 6. The molecule has 0 spiro atoms. The van der Waals surface area contributed by atoms with Crippen molar-refractivity contribution >= 4 is 47.8 Å². The molecule has 346 valence electrons. The van der Waals surface area contributed by atoms with E-state index in [4.69, 9.17) is 38.2 Å². The number of carbonyl (C=O) groups is 8. The second-order valence-corrected chi connectivity index (χ2v) is 16.4. The van der Waals surface area contributed by atoms with E-state index in [-0.39, 0.29) is 46.0 Å². The molecule has 4 aromatic rings. The van der Waals surface area contributed by atoms with Crippen LogP contribution >= 0.6 is 0 Å². The average Bonchev–Trinajstić information content (AvgIpc) is 3.31. The van der Waals surface area contributed by atoms with Gasteiger partial charge in [0.05, 0.1) is 34.1 Å². The van der Waals surface area contributed by atoms with Gasteiger partial charge in [-0.1, -0.05) is 76.9 Å². The smallest absolute Gasteiger partial charge is 0.431 e. The SMILES string of the molecule is CC(C)C(=O)Oc1c(C(=O)OOC(=O)c2cccc(C(=O)c3ccccc3OC(=O)OC3CCCCC3)c2OC(=O)C(C)C)cccc1C(=O)c1ccccc1OC(=O)OC1CCCCC1. The van der Waals surface area contributed by atoms with Crippen molar-refractivity contribution in [3.05, 3.63) is 118 Å². The van der Waals surface area contributed by atoms with Gasteiger partial charge in [0.1, 0.15) is 34.8 Å². The van der Waals surface area contributed by atoms with Crippen LogP contribution < -0.4 is 18.9 Å². The van der Waals surface area contributed by atoms with Gasteiger partial charge >= 0.3 is 36.2 Å². The van der Waals surface area contributed by atoms with E-state index >= 15 is 0 Å². The number of carbonyl (C=O) groups excluding carboxylic acids is 8. The molecule has 0 aliphatic heterocycles. The number of ketones is 2. The van der Waals surface area contributed by atoms with Crippen molar-refractivity contribution in [1.82, 2.24) is 0 Å². The van der Waals surface area contributed by atoms with E-state index in [0.29, 0.717) is 25.7 Å². The van der Waals surface area contributed by atoms with Crippen LogP contribution in [0.4, 0.5) is 9.59 Å². The molecule has 0 unspecified atom stereocenters. The van der Waals surface area contributed by atoms with Crippen LogP contribution in [0.25, 0.3) is 0 Å². The molecule has 0 radical (unpaired) electrons. The highest BCUT2D eigenvalue weighted by Gasteiger charge is 2.32. The summed E-state index contributed by atoms with van der Waals surface area (Å²) in [6.45, 7) is 6.09. The summed E-state index contributed by atoms with van der Waals surface area (Å²) in [7, 11) is 0. The van der Waals surface area contributed by atoms with E-state index < -0.39 is 82.2 Å².